The number of carbonyl (C=O) groups is 1. The summed E-state index contributed by atoms with van der Waals surface area (Å²) in [6.45, 7) is 3.85. The number of pyridine rings is 1. The average molecular weight is 243 g/mol. The lowest BCUT2D eigenvalue weighted by Gasteiger charge is -2.18. The molecule has 0 saturated heterocycles. The molecule has 0 aliphatic heterocycles. The smallest absolute Gasteiger partial charge is 0.310 e. The van der Waals surface area contributed by atoms with Gasteiger partial charge in [0.05, 0.1) is 12.5 Å². The van der Waals surface area contributed by atoms with Crippen LogP contribution in [0.1, 0.15) is 25.5 Å². The number of nitrogens with two attached hydrogens (primary N) is 1. The van der Waals surface area contributed by atoms with Gasteiger partial charge in [0.2, 0.25) is 0 Å². The SMILES string of the molecule is CCOC(=O)C(C)C(N)c1ccc(Cl)nc1. The second kappa shape index (κ2) is 5.82. The van der Waals surface area contributed by atoms with Crippen LogP contribution in [0.2, 0.25) is 5.15 Å². The largest absolute Gasteiger partial charge is 0.466 e. The van der Waals surface area contributed by atoms with Gasteiger partial charge in [-0.05, 0) is 18.6 Å². The van der Waals surface area contributed by atoms with Crippen LogP contribution in [-0.2, 0) is 9.53 Å². The Morgan fingerprint density at radius 2 is 2.31 bits per heavy atom. The number of ether oxygens (including phenoxy) is 1. The Morgan fingerprint density at radius 1 is 1.62 bits per heavy atom. The predicted octanol–water partition coefficient (Wildman–Crippen LogP) is 1.93. The fourth-order valence-corrected chi connectivity index (χ4v) is 1.41. The molecule has 4 nitrogen and oxygen atoms in total. The van der Waals surface area contributed by atoms with Crippen molar-refractivity contribution < 1.29 is 9.53 Å². The Bertz CT molecular complexity index is 354. The van der Waals surface area contributed by atoms with Gasteiger partial charge in [-0.1, -0.05) is 24.6 Å². The molecule has 0 fully saturated rings. The van der Waals surface area contributed by atoms with Crippen molar-refractivity contribution in [1.29, 1.82) is 0 Å². The van der Waals surface area contributed by atoms with Crippen molar-refractivity contribution in [3.8, 4) is 0 Å². The third kappa shape index (κ3) is 3.18. The van der Waals surface area contributed by atoms with E-state index in [4.69, 9.17) is 22.1 Å². The Hall–Kier alpha value is -1.13. The van der Waals surface area contributed by atoms with Crippen LogP contribution >= 0.6 is 11.6 Å². The normalized spacial score (nSPS) is 14.2. The number of hydrogen-bond donors (Lipinski definition) is 1. The van der Waals surface area contributed by atoms with E-state index in [0.29, 0.717) is 11.8 Å². The van der Waals surface area contributed by atoms with Crippen molar-refractivity contribution in [3.63, 3.8) is 0 Å². The zero-order valence-electron chi connectivity index (χ0n) is 9.31. The van der Waals surface area contributed by atoms with Gasteiger partial charge in [-0.15, -0.1) is 0 Å². The lowest BCUT2D eigenvalue weighted by Crippen LogP contribution is -2.27. The summed E-state index contributed by atoms with van der Waals surface area (Å²) in [4.78, 5) is 15.4. The minimum Gasteiger partial charge on any atom is -0.466 e. The summed E-state index contributed by atoms with van der Waals surface area (Å²) in [6.07, 6.45) is 1.57. The molecule has 0 aromatic carbocycles. The van der Waals surface area contributed by atoms with E-state index in [9.17, 15) is 4.79 Å². The van der Waals surface area contributed by atoms with E-state index in [0.717, 1.165) is 5.56 Å². The van der Waals surface area contributed by atoms with Crippen molar-refractivity contribution in [2.75, 3.05) is 6.61 Å². The summed E-state index contributed by atoms with van der Waals surface area (Å²) < 4.78 is 4.90. The van der Waals surface area contributed by atoms with E-state index in [1.54, 1.807) is 32.2 Å². The molecule has 0 amide bonds. The lowest BCUT2D eigenvalue weighted by atomic mass is 9.97. The quantitative estimate of drug-likeness (QED) is 0.647. The molecule has 0 bridgehead atoms. The van der Waals surface area contributed by atoms with Gasteiger partial charge in [0.15, 0.2) is 0 Å². The van der Waals surface area contributed by atoms with Gasteiger partial charge in [0.1, 0.15) is 5.15 Å². The fraction of sp³-hybridized carbons (Fsp3) is 0.455. The van der Waals surface area contributed by atoms with Crippen molar-refractivity contribution in [3.05, 3.63) is 29.0 Å². The van der Waals surface area contributed by atoms with Crippen molar-refractivity contribution >= 4 is 17.6 Å². The summed E-state index contributed by atoms with van der Waals surface area (Å²) in [5, 5.41) is 0.403. The molecule has 1 heterocycles. The molecule has 0 saturated carbocycles. The summed E-state index contributed by atoms with van der Waals surface area (Å²) >= 11 is 5.66. The molecule has 1 aromatic rings. The molecule has 88 valence electrons. The molecule has 2 N–H and O–H groups in total. The number of aromatic nitrogens is 1. The van der Waals surface area contributed by atoms with Crippen molar-refractivity contribution in [2.24, 2.45) is 11.7 Å². The molecule has 0 aliphatic rings. The van der Waals surface area contributed by atoms with E-state index in [1.807, 2.05) is 0 Å². The first kappa shape index (κ1) is 12.9. The first-order chi connectivity index (χ1) is 7.56. The van der Waals surface area contributed by atoms with Crippen LogP contribution in [0.25, 0.3) is 0 Å². The minimum absolute atomic E-state index is 0.301. The third-order valence-electron chi connectivity index (χ3n) is 2.33. The zero-order chi connectivity index (χ0) is 12.1. The standard InChI is InChI=1S/C11H15ClN2O2/c1-3-16-11(15)7(2)10(13)8-4-5-9(12)14-6-8/h4-7,10H,3,13H2,1-2H3. The van der Waals surface area contributed by atoms with Crippen LogP contribution < -0.4 is 5.73 Å². The molecule has 0 radical (unpaired) electrons. The maximum atomic E-state index is 11.5. The van der Waals surface area contributed by atoms with Gasteiger partial charge in [-0.25, -0.2) is 4.98 Å². The lowest BCUT2D eigenvalue weighted by molar-refractivity contribution is -0.148. The molecular formula is C11H15ClN2O2. The van der Waals surface area contributed by atoms with E-state index < -0.39 is 12.0 Å². The van der Waals surface area contributed by atoms with E-state index >= 15 is 0 Å². The highest BCUT2D eigenvalue weighted by atomic mass is 35.5. The van der Waals surface area contributed by atoms with E-state index in [-0.39, 0.29) is 5.97 Å². The van der Waals surface area contributed by atoms with Crippen LogP contribution in [0, 0.1) is 5.92 Å². The Morgan fingerprint density at radius 3 is 2.81 bits per heavy atom. The van der Waals surface area contributed by atoms with Gasteiger partial charge >= 0.3 is 5.97 Å². The third-order valence-corrected chi connectivity index (χ3v) is 2.56. The van der Waals surface area contributed by atoms with E-state index in [2.05, 4.69) is 4.98 Å². The molecule has 1 aromatic heterocycles. The molecule has 5 heteroatoms. The van der Waals surface area contributed by atoms with Crippen LogP contribution in [-0.4, -0.2) is 17.6 Å². The highest BCUT2D eigenvalue weighted by Crippen LogP contribution is 2.20. The van der Waals surface area contributed by atoms with Crippen molar-refractivity contribution in [1.82, 2.24) is 4.98 Å². The number of halogens is 1. The maximum absolute atomic E-state index is 11.5. The Kier molecular flexibility index (Phi) is 4.71. The maximum Gasteiger partial charge on any atom is 0.310 e. The first-order valence-electron chi connectivity index (χ1n) is 5.10. The number of esters is 1. The molecule has 2 atom stereocenters. The second-order valence-corrected chi connectivity index (χ2v) is 3.87. The average Bonchev–Trinajstić information content (AvgIpc) is 2.28. The number of rotatable bonds is 4. The number of hydrogen-bond acceptors (Lipinski definition) is 4. The van der Waals surface area contributed by atoms with Crippen LogP contribution in [0.3, 0.4) is 0 Å². The molecule has 1 rings (SSSR count). The zero-order valence-corrected chi connectivity index (χ0v) is 10.1. The molecule has 16 heavy (non-hydrogen) atoms. The molecule has 0 aliphatic carbocycles. The fourth-order valence-electron chi connectivity index (χ4n) is 1.29. The predicted molar refractivity (Wildman–Crippen MR) is 62.0 cm³/mol. The van der Waals surface area contributed by atoms with Gasteiger partial charge in [-0.2, -0.15) is 0 Å². The van der Waals surface area contributed by atoms with Gasteiger partial charge in [-0.3, -0.25) is 4.79 Å². The van der Waals surface area contributed by atoms with Crippen LogP contribution in [0.5, 0.6) is 0 Å². The first-order valence-corrected chi connectivity index (χ1v) is 5.47. The summed E-state index contributed by atoms with van der Waals surface area (Å²) in [5.41, 5.74) is 6.70. The Labute approximate surface area is 99.8 Å². The summed E-state index contributed by atoms with van der Waals surface area (Å²) in [6, 6.07) is 2.98. The molecular weight excluding hydrogens is 228 g/mol. The summed E-state index contributed by atoms with van der Waals surface area (Å²) in [7, 11) is 0. The monoisotopic (exact) mass is 242 g/mol. The molecule has 0 spiro atoms. The highest BCUT2D eigenvalue weighted by molar-refractivity contribution is 6.29. The van der Waals surface area contributed by atoms with Crippen LogP contribution in [0.15, 0.2) is 18.3 Å². The second-order valence-electron chi connectivity index (χ2n) is 3.48. The molecule has 2 unspecified atom stereocenters. The highest BCUT2D eigenvalue weighted by Gasteiger charge is 2.23. The minimum atomic E-state index is -0.427. The number of carbonyl (C=O) groups excluding carboxylic acids is 1. The number of nitrogens with zero attached hydrogens (tertiary/aromatic N) is 1. The Balaban J connectivity index is 2.73. The van der Waals surface area contributed by atoms with Crippen molar-refractivity contribution in [2.45, 2.75) is 19.9 Å². The summed E-state index contributed by atoms with van der Waals surface area (Å²) in [5.74, 6) is -0.701. The van der Waals surface area contributed by atoms with Gasteiger partial charge in [0.25, 0.3) is 0 Å². The van der Waals surface area contributed by atoms with Crippen LogP contribution in [0.4, 0.5) is 0 Å². The van der Waals surface area contributed by atoms with E-state index in [1.165, 1.54) is 0 Å². The van der Waals surface area contributed by atoms with Gasteiger partial charge in [0, 0.05) is 12.2 Å². The van der Waals surface area contributed by atoms with Gasteiger partial charge < -0.3 is 10.5 Å². The topological polar surface area (TPSA) is 65.2 Å².